The summed E-state index contributed by atoms with van der Waals surface area (Å²) in [6, 6.07) is 14.9. The van der Waals surface area contributed by atoms with Crippen molar-refractivity contribution < 1.29 is 60.4 Å². The lowest BCUT2D eigenvalue weighted by molar-refractivity contribution is -0.146. The molecule has 4 fully saturated rings. The van der Waals surface area contributed by atoms with Crippen molar-refractivity contribution in [3.05, 3.63) is 137 Å². The van der Waals surface area contributed by atoms with Gasteiger partial charge in [0.2, 0.25) is 11.8 Å². The Morgan fingerprint density at radius 3 is 1.36 bits per heavy atom. The average Bonchev–Trinajstić information content (AvgIpc) is 1.66. The molecule has 0 amide bonds. The quantitative estimate of drug-likeness (QED) is 0.0742. The number of sulfone groups is 1. The predicted octanol–water partition coefficient (Wildman–Crippen LogP) is 9.67. The Bertz CT molecular complexity index is 4390. The van der Waals surface area contributed by atoms with Gasteiger partial charge >= 0.3 is 17.3 Å². The Labute approximate surface area is 532 Å². The highest BCUT2D eigenvalue weighted by Gasteiger charge is 2.44. The molecule has 26 heteroatoms. The number of methoxy groups -OCH3 is 2. The molecule has 8 aromatic rings. The van der Waals surface area contributed by atoms with Crippen LogP contribution in [-0.4, -0.2) is 115 Å². The van der Waals surface area contributed by atoms with E-state index in [4.69, 9.17) is 37.3 Å². The molecule has 4 aliphatic rings. The number of nitrogens with zero attached hydrogens (tertiary/aromatic N) is 6. The minimum absolute atomic E-state index is 0.0172. The zero-order valence-corrected chi connectivity index (χ0v) is 55.2. The number of oxazole rings is 2. The van der Waals surface area contributed by atoms with Gasteiger partial charge in [-0.2, -0.15) is 0 Å². The Kier molecular flexibility index (Phi) is 18.1. The molecule has 4 saturated heterocycles. The second-order valence-corrected chi connectivity index (χ2v) is 30.5. The van der Waals surface area contributed by atoms with Crippen LogP contribution in [0.1, 0.15) is 134 Å². The van der Waals surface area contributed by atoms with Gasteiger partial charge in [0.25, 0.3) is 11.1 Å². The van der Waals surface area contributed by atoms with E-state index in [9.17, 15) is 42.3 Å². The van der Waals surface area contributed by atoms with Gasteiger partial charge in [-0.05, 0) is 137 Å². The molecule has 4 bridgehead atoms. The third kappa shape index (κ3) is 12.4. The summed E-state index contributed by atoms with van der Waals surface area (Å²) in [6.07, 6.45) is 11.6. The summed E-state index contributed by atoms with van der Waals surface area (Å²) >= 11 is 2.39. The van der Waals surface area contributed by atoms with E-state index in [1.54, 1.807) is 28.1 Å². The Morgan fingerprint density at radius 1 is 0.626 bits per heavy atom. The number of carbonyl (C=O) groups excluding carboxylic acids is 1. The number of fused-ring (bicyclic) bond motifs is 6. The largest absolute Gasteiger partial charge is 0.496 e. The molecule has 8 atom stereocenters. The predicted molar refractivity (Wildman–Crippen MR) is 341 cm³/mol. The van der Waals surface area contributed by atoms with Gasteiger partial charge in [-0.1, -0.05) is 36.4 Å². The molecular weight excluding hydrogens is 1230 g/mol. The molecule has 0 saturated carbocycles. The number of Topliss-reactive ketones (excluding diaryl/α,β-unsaturated/α-hetero) is 1. The summed E-state index contributed by atoms with van der Waals surface area (Å²) in [4.78, 5) is 93.9. The highest BCUT2D eigenvalue weighted by atomic mass is 32.2. The second-order valence-electron chi connectivity index (χ2n) is 25.8. The number of carbonyl (C=O) groups is 2. The topological polar surface area (TPSA) is 284 Å². The molecular formula is C65H76N6O17S3. The van der Waals surface area contributed by atoms with Crippen LogP contribution in [0.4, 0.5) is 0 Å². The minimum atomic E-state index is -3.92. The molecule has 486 valence electrons. The molecule has 4 aliphatic heterocycles. The number of ketones is 1. The summed E-state index contributed by atoms with van der Waals surface area (Å²) < 4.78 is 77.9. The summed E-state index contributed by atoms with van der Waals surface area (Å²) in [5.74, 6) is -1.14. The van der Waals surface area contributed by atoms with Gasteiger partial charge in [0, 0.05) is 11.1 Å². The number of ether oxygens (including phenoxy) is 6. The fourth-order valence-electron chi connectivity index (χ4n) is 12.8. The van der Waals surface area contributed by atoms with Crippen LogP contribution >= 0.6 is 22.7 Å². The summed E-state index contributed by atoms with van der Waals surface area (Å²) in [6.45, 7) is 13.5. The maximum absolute atomic E-state index is 14.7. The summed E-state index contributed by atoms with van der Waals surface area (Å²) in [7, 11) is -0.771. The monoisotopic (exact) mass is 1310 g/mol. The standard InChI is InChI=1S/C35H43N3O9S2.C30H33N3O8S/c1-20-28-31(40)38(35(5,6)27(39)19-49(42,43)34(2,3)4)33(41)37(32(28)48-29(20)30-36-14-15-45-30)18-26(24-10-8-9-11-25(24)44-7)47-23-16-21-12-13-22(17-23)46-21;1-16-23-26(34)33(30(2,3)28(35)36)29(37)32(27(23)42-24(16)25-31-11-12-39-25)15-22(20-7-5-6-8-21(20)38-4)41-19-13-17-9-10-18(14-19)40-17/h8-11,14-15,21-23,26H,12-13,16-19H2,1-7H3;5-8,11-12,17-19,22H,9-10,13-15H2,1-4H3,(H,35,36)/t21-,22+,23?,26-;17-,18+,19?,22-/m00/s1. The lowest BCUT2D eigenvalue weighted by Gasteiger charge is -2.33. The molecule has 23 nitrogen and oxygen atoms in total. The lowest BCUT2D eigenvalue weighted by atomic mass is 9.99. The number of benzene rings is 2. The van der Waals surface area contributed by atoms with E-state index < -0.39 is 77.9 Å². The van der Waals surface area contributed by atoms with Crippen LogP contribution in [0.3, 0.4) is 0 Å². The molecule has 2 aromatic carbocycles. The van der Waals surface area contributed by atoms with E-state index >= 15 is 0 Å². The number of carboxylic acid groups (broad SMARTS) is 1. The summed E-state index contributed by atoms with van der Waals surface area (Å²) in [5, 5.41) is 10.5. The molecule has 12 rings (SSSR count). The third-order valence-corrected chi connectivity index (χ3v) is 23.2. The van der Waals surface area contributed by atoms with Crippen molar-refractivity contribution in [1.82, 2.24) is 28.2 Å². The minimum Gasteiger partial charge on any atom is -0.496 e. The van der Waals surface area contributed by atoms with Crippen molar-refractivity contribution in [3.63, 3.8) is 0 Å². The van der Waals surface area contributed by atoms with E-state index in [1.807, 2.05) is 48.5 Å². The number of carboxylic acids is 1. The maximum Gasteiger partial charge on any atom is 0.333 e. The first-order chi connectivity index (χ1) is 43.1. The molecule has 91 heavy (non-hydrogen) atoms. The van der Waals surface area contributed by atoms with Gasteiger partial charge in [-0.25, -0.2) is 41.9 Å². The van der Waals surface area contributed by atoms with Crippen LogP contribution in [0.2, 0.25) is 0 Å². The van der Waals surface area contributed by atoms with Gasteiger partial charge in [0.1, 0.15) is 62.7 Å². The van der Waals surface area contributed by atoms with Gasteiger partial charge in [-0.15, -0.1) is 22.7 Å². The Hall–Kier alpha value is -7.33. The highest BCUT2D eigenvalue weighted by Crippen LogP contribution is 2.43. The van der Waals surface area contributed by atoms with Crippen LogP contribution in [0.15, 0.2) is 101 Å². The molecule has 10 heterocycles. The first-order valence-corrected chi connectivity index (χ1v) is 33.7. The zero-order valence-electron chi connectivity index (χ0n) is 52.7. The van der Waals surface area contributed by atoms with Gasteiger partial charge in [0.15, 0.2) is 15.6 Å². The van der Waals surface area contributed by atoms with Crippen molar-refractivity contribution in [3.8, 4) is 33.0 Å². The normalized spacial score (nSPS) is 20.8. The molecule has 1 N–H and O–H groups in total. The number of aliphatic carboxylic acids is 1. The smallest absolute Gasteiger partial charge is 0.333 e. The van der Waals surface area contributed by atoms with E-state index in [0.717, 1.165) is 58.8 Å². The number of hydrogen-bond acceptors (Lipinski definition) is 20. The molecule has 2 unspecified atom stereocenters. The van der Waals surface area contributed by atoms with Crippen LogP contribution in [0.25, 0.3) is 42.0 Å². The highest BCUT2D eigenvalue weighted by molar-refractivity contribution is 7.93. The number of rotatable bonds is 20. The first-order valence-electron chi connectivity index (χ1n) is 30.4. The van der Waals surface area contributed by atoms with Gasteiger partial charge < -0.3 is 42.4 Å². The number of thiophene rings is 2. The van der Waals surface area contributed by atoms with Crippen LogP contribution < -0.4 is 32.0 Å². The van der Waals surface area contributed by atoms with E-state index in [1.165, 1.54) is 105 Å². The van der Waals surface area contributed by atoms with Crippen LogP contribution in [0, 0.1) is 13.8 Å². The number of para-hydroxylation sites is 2. The average molecular weight is 1310 g/mol. The van der Waals surface area contributed by atoms with Crippen LogP contribution in [0.5, 0.6) is 11.5 Å². The Balaban J connectivity index is 0.000000189. The van der Waals surface area contributed by atoms with Gasteiger partial charge in [-0.3, -0.25) is 23.5 Å². The van der Waals surface area contributed by atoms with Crippen molar-refractivity contribution in [2.45, 2.75) is 191 Å². The SMILES string of the molecule is COc1ccccc1[C@H](Cn1c(=O)n(C(C)(C)C(=O)CS(=O)(=O)C(C)(C)C)c(=O)c2c(C)c(-c3ncco3)sc21)OC1C[C@H]2CC[C@@H](C1)O2.COc1ccccc1[C@H](Cn1c(=O)n(C(C)(C)C(=O)O)c(=O)c2c(C)c(-c3ncco3)sc21)OC1C[C@H]2CC[C@@H](C1)O2. The van der Waals surface area contributed by atoms with E-state index in [2.05, 4.69) is 9.97 Å². The molecule has 6 aromatic heterocycles. The van der Waals surface area contributed by atoms with Crippen molar-refractivity contribution in [2.24, 2.45) is 0 Å². The first kappa shape index (κ1) is 65.2. The number of hydrogen-bond donors (Lipinski definition) is 1. The molecule has 0 radical (unpaired) electrons. The zero-order chi connectivity index (χ0) is 65.2. The lowest BCUT2D eigenvalue weighted by Crippen LogP contribution is -2.54. The van der Waals surface area contributed by atoms with Crippen molar-refractivity contribution >= 4 is 64.7 Å². The van der Waals surface area contributed by atoms with Crippen molar-refractivity contribution in [1.29, 1.82) is 0 Å². The van der Waals surface area contributed by atoms with Crippen LogP contribution in [-0.2, 0) is 62.5 Å². The van der Waals surface area contributed by atoms with E-state index in [0.29, 0.717) is 60.8 Å². The fraction of sp³-hybridized carbons (Fsp3) is 0.508. The third-order valence-electron chi connectivity index (χ3n) is 18.1. The summed E-state index contributed by atoms with van der Waals surface area (Å²) in [5.41, 5.74) is -3.98. The van der Waals surface area contributed by atoms with Gasteiger partial charge in [0.05, 0.1) is 102 Å². The number of aromatic nitrogens is 6. The Morgan fingerprint density at radius 2 is 1.01 bits per heavy atom. The maximum atomic E-state index is 14.7. The fourth-order valence-corrected chi connectivity index (χ4v) is 16.4. The second kappa shape index (κ2) is 25.3. The van der Waals surface area contributed by atoms with Crippen molar-refractivity contribution in [2.75, 3.05) is 20.0 Å². The van der Waals surface area contributed by atoms with E-state index in [-0.39, 0.29) is 66.4 Å². The number of aryl methyl sites for hydroxylation is 2. The molecule has 0 spiro atoms. The molecule has 0 aliphatic carbocycles.